The number of ether oxygens (including phenoxy) is 1. The second kappa shape index (κ2) is 9.92. The third-order valence-electron chi connectivity index (χ3n) is 5.74. The van der Waals surface area contributed by atoms with Crippen molar-refractivity contribution < 1.29 is 14.3 Å². The molecule has 0 unspecified atom stereocenters. The molecule has 0 spiro atoms. The summed E-state index contributed by atoms with van der Waals surface area (Å²) in [6, 6.07) is 17.7. The van der Waals surface area contributed by atoms with Crippen LogP contribution in [0.2, 0.25) is 5.02 Å². The van der Waals surface area contributed by atoms with Gasteiger partial charge in [0.05, 0.1) is 19.1 Å². The predicted octanol–water partition coefficient (Wildman–Crippen LogP) is 4.33. The number of amides is 1. The van der Waals surface area contributed by atoms with Crippen molar-refractivity contribution in [1.29, 1.82) is 0 Å². The molecule has 3 aromatic rings. The monoisotopic (exact) mass is 451 g/mol. The molecular weight excluding hydrogens is 426 g/mol. The van der Waals surface area contributed by atoms with Crippen LogP contribution in [-0.2, 0) is 16.1 Å². The Morgan fingerprint density at radius 2 is 1.72 bits per heavy atom. The molecule has 0 N–H and O–H groups in total. The number of carbonyl (C=O) groups excluding carboxylic acids is 2. The number of methoxy groups -OCH3 is 1. The van der Waals surface area contributed by atoms with Gasteiger partial charge in [0, 0.05) is 61.4 Å². The quantitative estimate of drug-likeness (QED) is 0.523. The maximum atomic E-state index is 13.5. The molecule has 2 aromatic carbocycles. The normalized spacial score (nSPS) is 13.8. The van der Waals surface area contributed by atoms with Crippen LogP contribution in [0.1, 0.15) is 16.8 Å². The maximum Gasteiger partial charge on any atom is 0.307 e. The van der Waals surface area contributed by atoms with Gasteiger partial charge >= 0.3 is 5.97 Å². The van der Waals surface area contributed by atoms with E-state index in [4.69, 9.17) is 16.3 Å². The second-order valence-corrected chi connectivity index (χ2v) is 8.21. The van der Waals surface area contributed by atoms with Gasteiger partial charge in [-0.3, -0.25) is 9.59 Å². The van der Waals surface area contributed by atoms with Gasteiger partial charge in [0.25, 0.3) is 5.91 Å². The first-order valence-corrected chi connectivity index (χ1v) is 11.0. The molecule has 4 rings (SSSR count). The van der Waals surface area contributed by atoms with Crippen molar-refractivity contribution in [3.05, 3.63) is 77.6 Å². The van der Waals surface area contributed by atoms with Gasteiger partial charge in [-0.1, -0.05) is 48.0 Å². The fraction of sp³-hybridized carbons (Fsp3) is 0.280. The number of aryl methyl sites for hydroxylation is 1. The zero-order chi connectivity index (χ0) is 22.5. The molecule has 7 heteroatoms. The molecule has 32 heavy (non-hydrogen) atoms. The van der Waals surface area contributed by atoms with Crippen molar-refractivity contribution in [2.75, 3.05) is 38.2 Å². The number of nitrogens with zero attached hydrogens (tertiary/aromatic N) is 3. The van der Waals surface area contributed by atoms with Gasteiger partial charge in [-0.2, -0.15) is 0 Å². The Morgan fingerprint density at radius 3 is 2.41 bits per heavy atom. The smallest absolute Gasteiger partial charge is 0.307 e. The molecule has 0 radical (unpaired) electrons. The highest BCUT2D eigenvalue weighted by molar-refractivity contribution is 6.30. The van der Waals surface area contributed by atoms with E-state index in [1.807, 2.05) is 76.5 Å². The van der Waals surface area contributed by atoms with Crippen LogP contribution in [0.15, 0.2) is 67.0 Å². The average molecular weight is 452 g/mol. The Kier molecular flexibility index (Phi) is 6.81. The average Bonchev–Trinajstić information content (AvgIpc) is 3.27. The summed E-state index contributed by atoms with van der Waals surface area (Å²) >= 11 is 6.13. The Bertz CT molecular complexity index is 1090. The summed E-state index contributed by atoms with van der Waals surface area (Å²) in [7, 11) is 1.38. The Morgan fingerprint density at radius 1 is 0.969 bits per heavy atom. The van der Waals surface area contributed by atoms with E-state index in [0.717, 1.165) is 29.9 Å². The summed E-state index contributed by atoms with van der Waals surface area (Å²) in [5, 5.41) is 0.710. The van der Waals surface area contributed by atoms with E-state index in [9.17, 15) is 9.59 Å². The fourth-order valence-electron chi connectivity index (χ4n) is 3.99. The number of hydrogen-bond donors (Lipinski definition) is 0. The summed E-state index contributed by atoms with van der Waals surface area (Å²) in [4.78, 5) is 29.2. The second-order valence-electron chi connectivity index (χ2n) is 7.77. The molecule has 6 nitrogen and oxygen atoms in total. The van der Waals surface area contributed by atoms with E-state index in [-0.39, 0.29) is 18.3 Å². The lowest BCUT2D eigenvalue weighted by Gasteiger charge is -2.36. The minimum atomic E-state index is -0.273. The molecule has 1 aliphatic rings. The van der Waals surface area contributed by atoms with Gasteiger partial charge in [0.2, 0.25) is 0 Å². The van der Waals surface area contributed by atoms with Crippen molar-refractivity contribution in [2.24, 2.45) is 0 Å². The highest BCUT2D eigenvalue weighted by Gasteiger charge is 2.26. The zero-order valence-corrected chi connectivity index (χ0v) is 18.8. The topological polar surface area (TPSA) is 54.8 Å². The third-order valence-corrected chi connectivity index (χ3v) is 5.97. The summed E-state index contributed by atoms with van der Waals surface area (Å²) < 4.78 is 6.65. The number of piperazine rings is 1. The lowest BCUT2D eigenvalue weighted by atomic mass is 10.0. The molecule has 0 aliphatic carbocycles. The van der Waals surface area contributed by atoms with Gasteiger partial charge < -0.3 is 19.1 Å². The number of halogens is 1. The van der Waals surface area contributed by atoms with Crippen molar-refractivity contribution >= 4 is 29.2 Å². The van der Waals surface area contributed by atoms with E-state index in [1.165, 1.54) is 7.11 Å². The summed E-state index contributed by atoms with van der Waals surface area (Å²) in [6.07, 6.45) is 4.04. The number of benzene rings is 2. The number of carbonyl (C=O) groups is 2. The molecule has 1 aromatic heterocycles. The van der Waals surface area contributed by atoms with E-state index in [1.54, 1.807) is 0 Å². The van der Waals surface area contributed by atoms with Crippen molar-refractivity contribution in [3.63, 3.8) is 0 Å². The fourth-order valence-corrected chi connectivity index (χ4v) is 4.17. The first-order valence-electron chi connectivity index (χ1n) is 10.7. The number of hydrogen-bond acceptors (Lipinski definition) is 4. The third kappa shape index (κ3) is 4.97. The van der Waals surface area contributed by atoms with Gasteiger partial charge in [-0.25, -0.2) is 0 Å². The van der Waals surface area contributed by atoms with Gasteiger partial charge in [0.1, 0.15) is 0 Å². The highest BCUT2D eigenvalue weighted by atomic mass is 35.5. The Hall–Kier alpha value is -3.25. The molecule has 1 fully saturated rings. The SMILES string of the molecule is COC(=O)CCn1cc(C(=O)N2CCN(c3cccc(Cl)c3)CC2)c(-c2ccccc2)c1. The van der Waals surface area contributed by atoms with Crippen LogP contribution in [0.3, 0.4) is 0 Å². The van der Waals surface area contributed by atoms with Gasteiger partial charge in [-0.15, -0.1) is 0 Å². The van der Waals surface area contributed by atoms with Crippen LogP contribution in [-0.4, -0.2) is 54.6 Å². The molecule has 1 saturated heterocycles. The van der Waals surface area contributed by atoms with Crippen LogP contribution in [0.4, 0.5) is 5.69 Å². The van der Waals surface area contributed by atoms with Crippen LogP contribution < -0.4 is 4.90 Å². The van der Waals surface area contributed by atoms with Crippen molar-refractivity contribution in [1.82, 2.24) is 9.47 Å². The van der Waals surface area contributed by atoms with Gasteiger partial charge in [0.15, 0.2) is 0 Å². The van der Waals surface area contributed by atoms with E-state index in [2.05, 4.69) is 4.90 Å². The van der Waals surface area contributed by atoms with Gasteiger partial charge in [-0.05, 0) is 23.8 Å². The lowest BCUT2D eigenvalue weighted by molar-refractivity contribution is -0.140. The standard InChI is InChI=1S/C25H26ClN3O3/c1-32-24(30)10-11-27-17-22(19-6-3-2-4-7-19)23(18-27)25(31)29-14-12-28(13-15-29)21-9-5-8-20(26)16-21/h2-9,16-18H,10-15H2,1H3. The summed E-state index contributed by atoms with van der Waals surface area (Å²) in [6.45, 7) is 3.22. The maximum absolute atomic E-state index is 13.5. The van der Waals surface area contributed by atoms with Crippen molar-refractivity contribution in [2.45, 2.75) is 13.0 Å². The Labute approximate surface area is 193 Å². The number of rotatable bonds is 6. The number of aromatic nitrogens is 1. The lowest BCUT2D eigenvalue weighted by Crippen LogP contribution is -2.48. The van der Waals surface area contributed by atoms with E-state index < -0.39 is 0 Å². The Balaban J connectivity index is 1.52. The predicted molar refractivity (Wildman–Crippen MR) is 126 cm³/mol. The summed E-state index contributed by atoms with van der Waals surface area (Å²) in [5.74, 6) is -0.267. The first-order chi connectivity index (χ1) is 15.5. The highest BCUT2D eigenvalue weighted by Crippen LogP contribution is 2.27. The first kappa shape index (κ1) is 22.0. The molecule has 0 bridgehead atoms. The molecule has 1 amide bonds. The molecule has 1 aliphatic heterocycles. The van der Waals surface area contributed by atoms with Crippen LogP contribution in [0, 0.1) is 0 Å². The molecule has 0 saturated carbocycles. The van der Waals surface area contributed by atoms with Crippen molar-refractivity contribution in [3.8, 4) is 11.1 Å². The van der Waals surface area contributed by atoms with Crippen LogP contribution in [0.25, 0.3) is 11.1 Å². The molecule has 166 valence electrons. The molecular formula is C25H26ClN3O3. The minimum absolute atomic E-state index is 0.00594. The van der Waals surface area contributed by atoms with E-state index >= 15 is 0 Å². The zero-order valence-electron chi connectivity index (χ0n) is 18.0. The van der Waals surface area contributed by atoms with Crippen LogP contribution >= 0.6 is 11.6 Å². The molecule has 0 atom stereocenters. The summed E-state index contributed by atoms with van der Waals surface area (Å²) in [5.41, 5.74) is 3.57. The number of anilines is 1. The largest absolute Gasteiger partial charge is 0.469 e. The number of esters is 1. The molecule has 2 heterocycles. The van der Waals surface area contributed by atoms with Crippen LogP contribution in [0.5, 0.6) is 0 Å². The van der Waals surface area contributed by atoms with E-state index in [0.29, 0.717) is 30.2 Å². The minimum Gasteiger partial charge on any atom is -0.469 e.